The van der Waals surface area contributed by atoms with E-state index in [9.17, 15) is 4.79 Å². The number of benzene rings is 1. The Morgan fingerprint density at radius 2 is 2.00 bits per heavy atom. The molecular weight excluding hydrogens is 292 g/mol. The van der Waals surface area contributed by atoms with Crippen LogP contribution in [-0.2, 0) is 17.9 Å². The van der Waals surface area contributed by atoms with Crippen molar-refractivity contribution in [2.45, 2.75) is 25.6 Å². The average molecular weight is 310 g/mol. The monoisotopic (exact) mass is 310 g/mol. The van der Waals surface area contributed by atoms with Gasteiger partial charge in [0.2, 0.25) is 5.91 Å². The molecule has 1 N–H and O–H groups in total. The predicted octanol–water partition coefficient (Wildman–Crippen LogP) is 1.42. The maximum Gasteiger partial charge on any atom is 0.222 e. The zero-order valence-electron chi connectivity index (χ0n) is 12.6. The van der Waals surface area contributed by atoms with Crippen molar-refractivity contribution in [1.82, 2.24) is 29.9 Å². The summed E-state index contributed by atoms with van der Waals surface area (Å²) in [5.41, 5.74) is 1.05. The highest BCUT2D eigenvalue weighted by atomic mass is 16.1. The van der Waals surface area contributed by atoms with E-state index in [4.69, 9.17) is 0 Å². The molecule has 0 unspecified atom stereocenters. The maximum atomic E-state index is 12.2. The minimum absolute atomic E-state index is 0.0264. The molecule has 2 aromatic heterocycles. The van der Waals surface area contributed by atoms with Gasteiger partial charge in [0.05, 0.1) is 19.1 Å². The second-order valence-electron chi connectivity index (χ2n) is 5.17. The summed E-state index contributed by atoms with van der Waals surface area (Å²) >= 11 is 0. The van der Waals surface area contributed by atoms with Crippen LogP contribution in [0.15, 0.2) is 61.4 Å². The van der Waals surface area contributed by atoms with E-state index in [-0.39, 0.29) is 11.9 Å². The summed E-state index contributed by atoms with van der Waals surface area (Å²) in [4.78, 5) is 16.1. The fourth-order valence-electron chi connectivity index (χ4n) is 2.35. The minimum Gasteiger partial charge on any atom is -0.347 e. The average Bonchev–Trinajstić information content (AvgIpc) is 3.27. The zero-order valence-corrected chi connectivity index (χ0v) is 12.6. The van der Waals surface area contributed by atoms with Crippen LogP contribution in [-0.4, -0.2) is 30.5 Å². The first-order chi connectivity index (χ1) is 11.3. The SMILES string of the molecule is O=C(CCn1cncn1)N[C@@H](Cn1cccn1)c1ccccc1. The molecule has 0 aliphatic heterocycles. The molecule has 1 atom stereocenters. The molecule has 0 fully saturated rings. The quantitative estimate of drug-likeness (QED) is 0.716. The first kappa shape index (κ1) is 15.0. The summed E-state index contributed by atoms with van der Waals surface area (Å²) in [6.45, 7) is 1.10. The lowest BCUT2D eigenvalue weighted by Gasteiger charge is -2.19. The van der Waals surface area contributed by atoms with E-state index < -0.39 is 0 Å². The van der Waals surface area contributed by atoms with E-state index in [1.165, 1.54) is 6.33 Å². The Bertz CT molecular complexity index is 708. The second-order valence-corrected chi connectivity index (χ2v) is 5.17. The number of rotatable bonds is 7. The van der Waals surface area contributed by atoms with Crippen molar-refractivity contribution < 1.29 is 4.79 Å². The van der Waals surface area contributed by atoms with Gasteiger partial charge < -0.3 is 5.32 Å². The molecule has 0 spiro atoms. The second kappa shape index (κ2) is 7.35. The zero-order chi connectivity index (χ0) is 15.9. The molecule has 1 amide bonds. The standard InChI is InChI=1S/C16H18N6O/c23-16(7-10-22-13-17-12-19-22)20-15(11-21-9-4-8-18-21)14-5-2-1-3-6-14/h1-6,8-9,12-13,15H,7,10-11H2,(H,20,23)/t15-/m0/s1. The molecule has 23 heavy (non-hydrogen) atoms. The van der Waals surface area contributed by atoms with Gasteiger partial charge in [-0.15, -0.1) is 0 Å². The third-order valence-corrected chi connectivity index (χ3v) is 3.50. The third kappa shape index (κ3) is 4.26. The summed E-state index contributed by atoms with van der Waals surface area (Å²) in [7, 11) is 0. The summed E-state index contributed by atoms with van der Waals surface area (Å²) in [6, 6.07) is 11.6. The van der Waals surface area contributed by atoms with Gasteiger partial charge in [-0.1, -0.05) is 30.3 Å². The van der Waals surface area contributed by atoms with Crippen LogP contribution in [0.3, 0.4) is 0 Å². The number of hydrogen-bond donors (Lipinski definition) is 1. The molecule has 0 saturated heterocycles. The fraction of sp³-hybridized carbons (Fsp3) is 0.250. The molecule has 0 bridgehead atoms. The topological polar surface area (TPSA) is 77.6 Å². The Labute approximate surface area is 134 Å². The molecule has 1 aromatic carbocycles. The van der Waals surface area contributed by atoms with E-state index in [1.807, 2.05) is 47.3 Å². The Morgan fingerprint density at radius 3 is 2.70 bits per heavy atom. The lowest BCUT2D eigenvalue weighted by Crippen LogP contribution is -2.32. The first-order valence-electron chi connectivity index (χ1n) is 7.45. The van der Waals surface area contributed by atoms with E-state index in [2.05, 4.69) is 20.5 Å². The third-order valence-electron chi connectivity index (χ3n) is 3.50. The number of nitrogens with zero attached hydrogens (tertiary/aromatic N) is 5. The largest absolute Gasteiger partial charge is 0.347 e. The fourth-order valence-corrected chi connectivity index (χ4v) is 2.35. The Hall–Kier alpha value is -2.96. The highest BCUT2D eigenvalue weighted by Gasteiger charge is 2.15. The van der Waals surface area contributed by atoms with E-state index in [1.54, 1.807) is 17.2 Å². The summed E-state index contributed by atoms with van der Waals surface area (Å²) < 4.78 is 3.46. The molecule has 3 aromatic rings. The van der Waals surface area contributed by atoms with Gasteiger partial charge in [0.1, 0.15) is 12.7 Å². The van der Waals surface area contributed by atoms with Crippen molar-refractivity contribution in [3.05, 3.63) is 67.0 Å². The van der Waals surface area contributed by atoms with Crippen LogP contribution in [0.25, 0.3) is 0 Å². The van der Waals surface area contributed by atoms with Crippen molar-refractivity contribution in [1.29, 1.82) is 0 Å². The number of carbonyl (C=O) groups excluding carboxylic acids is 1. The normalized spacial score (nSPS) is 12.0. The molecule has 0 aliphatic carbocycles. The molecule has 3 rings (SSSR count). The Kier molecular flexibility index (Phi) is 4.78. The Morgan fingerprint density at radius 1 is 1.13 bits per heavy atom. The number of hydrogen-bond acceptors (Lipinski definition) is 4. The van der Waals surface area contributed by atoms with E-state index in [0.717, 1.165) is 5.56 Å². The van der Waals surface area contributed by atoms with Crippen LogP contribution in [0.5, 0.6) is 0 Å². The molecule has 0 saturated carbocycles. The molecular formula is C16H18N6O. The van der Waals surface area contributed by atoms with Gasteiger partial charge >= 0.3 is 0 Å². The van der Waals surface area contributed by atoms with Crippen LogP contribution in [0.4, 0.5) is 0 Å². The minimum atomic E-state index is -0.126. The molecule has 7 nitrogen and oxygen atoms in total. The smallest absolute Gasteiger partial charge is 0.222 e. The van der Waals surface area contributed by atoms with Gasteiger partial charge in [-0.25, -0.2) is 4.98 Å². The van der Waals surface area contributed by atoms with Crippen molar-refractivity contribution in [3.8, 4) is 0 Å². The van der Waals surface area contributed by atoms with Crippen molar-refractivity contribution in [2.24, 2.45) is 0 Å². The van der Waals surface area contributed by atoms with Gasteiger partial charge in [0.15, 0.2) is 0 Å². The molecule has 0 radical (unpaired) electrons. The lowest BCUT2D eigenvalue weighted by molar-refractivity contribution is -0.122. The Balaban J connectivity index is 1.64. The van der Waals surface area contributed by atoms with E-state index >= 15 is 0 Å². The van der Waals surface area contributed by atoms with Gasteiger partial charge in [0.25, 0.3) is 0 Å². The van der Waals surface area contributed by atoms with Crippen LogP contribution in [0.2, 0.25) is 0 Å². The highest BCUT2D eigenvalue weighted by molar-refractivity contribution is 5.76. The molecule has 0 aliphatic rings. The van der Waals surface area contributed by atoms with Gasteiger partial charge in [-0.3, -0.25) is 14.2 Å². The maximum absolute atomic E-state index is 12.2. The van der Waals surface area contributed by atoms with Crippen LogP contribution < -0.4 is 5.32 Å². The number of carbonyl (C=O) groups is 1. The number of nitrogens with one attached hydrogen (secondary N) is 1. The first-order valence-corrected chi connectivity index (χ1v) is 7.45. The predicted molar refractivity (Wildman–Crippen MR) is 84.2 cm³/mol. The van der Waals surface area contributed by atoms with Crippen molar-refractivity contribution in [3.63, 3.8) is 0 Å². The summed E-state index contributed by atoms with van der Waals surface area (Å²) in [5, 5.41) is 11.3. The highest BCUT2D eigenvalue weighted by Crippen LogP contribution is 2.15. The van der Waals surface area contributed by atoms with Crippen LogP contribution >= 0.6 is 0 Å². The van der Waals surface area contributed by atoms with Gasteiger partial charge in [-0.05, 0) is 11.6 Å². The van der Waals surface area contributed by atoms with Crippen molar-refractivity contribution in [2.75, 3.05) is 0 Å². The summed E-state index contributed by atoms with van der Waals surface area (Å²) in [6.07, 6.45) is 7.03. The number of aromatic nitrogens is 5. The van der Waals surface area contributed by atoms with Crippen LogP contribution in [0, 0.1) is 0 Å². The van der Waals surface area contributed by atoms with Crippen molar-refractivity contribution >= 4 is 5.91 Å². The van der Waals surface area contributed by atoms with Gasteiger partial charge in [-0.2, -0.15) is 10.2 Å². The molecule has 2 heterocycles. The number of aryl methyl sites for hydroxylation is 1. The lowest BCUT2D eigenvalue weighted by atomic mass is 10.1. The van der Waals surface area contributed by atoms with Gasteiger partial charge in [0, 0.05) is 18.8 Å². The van der Waals surface area contributed by atoms with E-state index in [0.29, 0.717) is 19.5 Å². The molecule has 118 valence electrons. The number of amides is 1. The van der Waals surface area contributed by atoms with Crippen LogP contribution in [0.1, 0.15) is 18.0 Å². The molecule has 7 heteroatoms. The summed E-state index contributed by atoms with van der Waals surface area (Å²) in [5.74, 6) is -0.0264.